The van der Waals surface area contributed by atoms with Crippen molar-refractivity contribution in [3.63, 3.8) is 0 Å². The predicted molar refractivity (Wildman–Crippen MR) is 123 cm³/mol. The minimum absolute atomic E-state index is 0.275. The molecule has 0 unspecified atom stereocenters. The largest absolute Gasteiger partial charge is 0.390 e. The number of anilines is 1. The van der Waals surface area contributed by atoms with Gasteiger partial charge in [0.25, 0.3) is 5.91 Å². The maximum absolute atomic E-state index is 13.0. The lowest BCUT2D eigenvalue weighted by atomic mass is 10.1. The van der Waals surface area contributed by atoms with E-state index in [0.29, 0.717) is 40.3 Å². The van der Waals surface area contributed by atoms with Crippen LogP contribution in [-0.4, -0.2) is 46.3 Å². The topological polar surface area (TPSA) is 144 Å². The summed E-state index contributed by atoms with van der Waals surface area (Å²) in [5.41, 5.74) is 2.38. The molecule has 0 spiro atoms. The Kier molecular flexibility index (Phi) is 4.72. The lowest BCUT2D eigenvalue weighted by Crippen LogP contribution is -2.22. The molecule has 32 heavy (non-hydrogen) atoms. The van der Waals surface area contributed by atoms with Crippen molar-refractivity contribution >= 4 is 45.3 Å². The highest BCUT2D eigenvalue weighted by molar-refractivity contribution is 7.17. The van der Waals surface area contributed by atoms with Crippen LogP contribution in [0.15, 0.2) is 41.5 Å². The maximum Gasteiger partial charge on any atom is 0.323 e. The van der Waals surface area contributed by atoms with Crippen LogP contribution < -0.4 is 11.0 Å². The van der Waals surface area contributed by atoms with Crippen LogP contribution in [-0.2, 0) is 6.54 Å². The molecular weight excluding hydrogens is 430 g/mol. The molecular formula is C21H21N7O3S. The van der Waals surface area contributed by atoms with E-state index in [2.05, 4.69) is 30.5 Å². The SMILES string of the molecule is CC(C)(O)CCn1c(NC(=O)c2ccc(-c3cn[nH]c3)s2)nc2cc3[nH]c(=O)[nH]c3cc21. The third-order valence-electron chi connectivity index (χ3n) is 5.17. The van der Waals surface area contributed by atoms with E-state index >= 15 is 0 Å². The number of fused-ring (bicyclic) bond motifs is 2. The molecule has 164 valence electrons. The molecule has 0 aliphatic heterocycles. The molecule has 5 N–H and O–H groups in total. The van der Waals surface area contributed by atoms with Crippen molar-refractivity contribution < 1.29 is 9.90 Å². The fourth-order valence-corrected chi connectivity index (χ4v) is 4.41. The quantitative estimate of drug-likeness (QED) is 0.269. The average Bonchev–Trinajstić information content (AvgIpc) is 3.49. The summed E-state index contributed by atoms with van der Waals surface area (Å²) in [5, 5.41) is 19.8. The number of hydrogen-bond donors (Lipinski definition) is 5. The molecule has 0 bridgehead atoms. The van der Waals surface area contributed by atoms with Gasteiger partial charge in [0.2, 0.25) is 5.95 Å². The van der Waals surface area contributed by atoms with Gasteiger partial charge in [0.15, 0.2) is 0 Å². The van der Waals surface area contributed by atoms with Gasteiger partial charge < -0.3 is 19.6 Å². The Balaban J connectivity index is 1.51. The van der Waals surface area contributed by atoms with Crippen LogP contribution in [0.2, 0.25) is 0 Å². The molecule has 1 amide bonds. The normalized spacial score (nSPS) is 12.1. The monoisotopic (exact) mass is 451 g/mol. The van der Waals surface area contributed by atoms with Crippen LogP contribution in [0, 0.1) is 0 Å². The van der Waals surface area contributed by atoms with E-state index in [0.717, 1.165) is 16.0 Å². The van der Waals surface area contributed by atoms with Gasteiger partial charge in [0, 0.05) is 23.2 Å². The number of aromatic nitrogens is 6. The zero-order valence-corrected chi connectivity index (χ0v) is 18.2. The number of hydrogen-bond acceptors (Lipinski definition) is 6. The molecule has 4 aromatic heterocycles. The molecule has 5 aromatic rings. The molecule has 0 saturated carbocycles. The molecule has 4 heterocycles. The number of aromatic amines is 3. The fourth-order valence-electron chi connectivity index (χ4n) is 3.52. The van der Waals surface area contributed by atoms with E-state index in [1.165, 1.54) is 11.3 Å². The number of nitrogens with zero attached hydrogens (tertiary/aromatic N) is 3. The van der Waals surface area contributed by atoms with Gasteiger partial charge in [-0.05, 0) is 44.5 Å². The Morgan fingerprint density at radius 3 is 2.75 bits per heavy atom. The number of H-pyrrole nitrogens is 3. The molecule has 0 saturated heterocycles. The second-order valence-corrected chi connectivity index (χ2v) is 9.30. The lowest BCUT2D eigenvalue weighted by Gasteiger charge is -2.18. The number of benzene rings is 1. The van der Waals surface area contributed by atoms with Gasteiger partial charge in [-0.3, -0.25) is 15.2 Å². The molecule has 10 nitrogen and oxygen atoms in total. The standard InChI is InChI=1S/C21H21N7O3S/c1-21(2,31)5-6-28-15-8-13-12(25-20(30)26-13)7-14(15)24-19(28)27-18(29)17-4-3-16(32-17)11-9-22-23-10-11/h3-4,7-10,31H,5-6H2,1-2H3,(H,22,23)(H,24,27,29)(H2,25,26,30). The molecule has 0 fully saturated rings. The molecule has 1 aromatic carbocycles. The summed E-state index contributed by atoms with van der Waals surface area (Å²) in [6, 6.07) is 7.22. The highest BCUT2D eigenvalue weighted by Crippen LogP contribution is 2.29. The molecule has 0 aliphatic rings. The van der Waals surface area contributed by atoms with Crippen molar-refractivity contribution in [1.82, 2.24) is 29.7 Å². The van der Waals surface area contributed by atoms with E-state index in [9.17, 15) is 14.7 Å². The molecule has 0 aliphatic carbocycles. The number of amides is 1. The number of aliphatic hydroxyl groups is 1. The first-order valence-electron chi connectivity index (χ1n) is 10.0. The van der Waals surface area contributed by atoms with Gasteiger partial charge in [0.1, 0.15) is 0 Å². The summed E-state index contributed by atoms with van der Waals surface area (Å²) < 4.78 is 1.85. The van der Waals surface area contributed by atoms with Crippen molar-refractivity contribution in [3.8, 4) is 10.4 Å². The summed E-state index contributed by atoms with van der Waals surface area (Å²) in [6.07, 6.45) is 3.93. The summed E-state index contributed by atoms with van der Waals surface area (Å²) in [6.45, 7) is 3.89. The first-order chi connectivity index (χ1) is 15.3. The summed E-state index contributed by atoms with van der Waals surface area (Å²) in [5.74, 6) is 0.103. The van der Waals surface area contributed by atoms with Crippen LogP contribution in [0.1, 0.15) is 29.9 Å². The van der Waals surface area contributed by atoms with Gasteiger partial charge in [-0.15, -0.1) is 11.3 Å². The number of thiophene rings is 1. The Morgan fingerprint density at radius 2 is 2.03 bits per heavy atom. The predicted octanol–water partition coefficient (Wildman–Crippen LogP) is 3.07. The number of aryl methyl sites for hydroxylation is 1. The van der Waals surface area contributed by atoms with E-state index in [1.54, 1.807) is 38.4 Å². The van der Waals surface area contributed by atoms with Crippen LogP contribution in [0.3, 0.4) is 0 Å². The molecule has 0 atom stereocenters. The number of carbonyl (C=O) groups excluding carboxylic acids is 1. The average molecular weight is 452 g/mol. The smallest absolute Gasteiger partial charge is 0.323 e. The summed E-state index contributed by atoms with van der Waals surface area (Å²) in [7, 11) is 0. The lowest BCUT2D eigenvalue weighted by molar-refractivity contribution is 0.0667. The van der Waals surface area contributed by atoms with Crippen LogP contribution in [0.25, 0.3) is 32.5 Å². The summed E-state index contributed by atoms with van der Waals surface area (Å²) >= 11 is 1.36. The summed E-state index contributed by atoms with van der Waals surface area (Å²) in [4.78, 5) is 36.2. The Labute approximate surface area is 185 Å². The van der Waals surface area contributed by atoms with Crippen molar-refractivity contribution in [2.75, 3.05) is 5.32 Å². The third kappa shape index (κ3) is 3.83. The van der Waals surface area contributed by atoms with E-state index in [-0.39, 0.29) is 11.6 Å². The highest BCUT2D eigenvalue weighted by atomic mass is 32.1. The maximum atomic E-state index is 13.0. The molecule has 5 rings (SSSR count). The highest BCUT2D eigenvalue weighted by Gasteiger charge is 2.20. The van der Waals surface area contributed by atoms with E-state index in [1.807, 2.05) is 16.7 Å². The first kappa shape index (κ1) is 20.2. The fraction of sp³-hybridized carbons (Fsp3) is 0.238. The van der Waals surface area contributed by atoms with Gasteiger partial charge in [0.05, 0.1) is 38.7 Å². The minimum Gasteiger partial charge on any atom is -0.390 e. The Bertz CT molecular complexity index is 1480. The van der Waals surface area contributed by atoms with Gasteiger partial charge in [-0.1, -0.05) is 0 Å². The zero-order chi connectivity index (χ0) is 22.5. The Morgan fingerprint density at radius 1 is 1.25 bits per heavy atom. The van der Waals surface area contributed by atoms with Crippen LogP contribution in [0.4, 0.5) is 5.95 Å². The third-order valence-corrected chi connectivity index (χ3v) is 6.30. The zero-order valence-electron chi connectivity index (χ0n) is 17.4. The Hall–Kier alpha value is -3.70. The number of imidazole rings is 2. The minimum atomic E-state index is -0.891. The molecule has 0 radical (unpaired) electrons. The van der Waals surface area contributed by atoms with Crippen molar-refractivity contribution in [2.24, 2.45) is 0 Å². The van der Waals surface area contributed by atoms with Crippen LogP contribution >= 0.6 is 11.3 Å². The van der Waals surface area contributed by atoms with E-state index in [4.69, 9.17) is 0 Å². The van der Waals surface area contributed by atoms with E-state index < -0.39 is 5.60 Å². The first-order valence-corrected chi connectivity index (χ1v) is 10.8. The number of rotatable bonds is 6. The number of nitrogens with one attached hydrogen (secondary N) is 4. The van der Waals surface area contributed by atoms with Gasteiger partial charge in [-0.2, -0.15) is 5.10 Å². The van der Waals surface area contributed by atoms with Crippen molar-refractivity contribution in [3.05, 3.63) is 52.0 Å². The second kappa shape index (κ2) is 7.46. The van der Waals surface area contributed by atoms with Crippen molar-refractivity contribution in [2.45, 2.75) is 32.4 Å². The van der Waals surface area contributed by atoms with Gasteiger partial charge in [-0.25, -0.2) is 9.78 Å². The van der Waals surface area contributed by atoms with Crippen molar-refractivity contribution in [1.29, 1.82) is 0 Å². The number of carbonyl (C=O) groups is 1. The van der Waals surface area contributed by atoms with Gasteiger partial charge >= 0.3 is 5.69 Å². The molecule has 11 heteroatoms. The second-order valence-electron chi connectivity index (χ2n) is 8.22. The van der Waals surface area contributed by atoms with Crippen LogP contribution in [0.5, 0.6) is 0 Å².